The number of morpholine rings is 1. The summed E-state index contributed by atoms with van der Waals surface area (Å²) in [4.78, 5) is 18.1. The van der Waals surface area contributed by atoms with Gasteiger partial charge in [-0.15, -0.1) is 0 Å². The first kappa shape index (κ1) is 20.6. The molecular weight excluding hydrogens is 372 g/mol. The van der Waals surface area contributed by atoms with E-state index in [1.807, 2.05) is 24.3 Å². The summed E-state index contributed by atoms with van der Waals surface area (Å²) in [5.41, 5.74) is 2.75. The van der Waals surface area contributed by atoms with Crippen LogP contribution >= 0.6 is 0 Å². The van der Waals surface area contributed by atoms with Crippen molar-refractivity contribution in [1.82, 2.24) is 4.90 Å². The highest BCUT2D eigenvalue weighted by Crippen LogP contribution is 2.35. The first-order valence-electron chi connectivity index (χ1n) is 10.6. The van der Waals surface area contributed by atoms with Crippen LogP contribution in [-0.2, 0) is 11.2 Å². The first-order valence-corrected chi connectivity index (χ1v) is 10.6. The van der Waals surface area contributed by atoms with Gasteiger partial charge in [0.25, 0.3) is 0 Å². The number of allylic oxidation sites excluding steroid dienone is 2. The fourth-order valence-corrected chi connectivity index (χ4v) is 4.50. The van der Waals surface area contributed by atoms with Gasteiger partial charge >= 0.3 is 0 Å². The fraction of sp³-hybridized carbons (Fsp3) is 0.346. The average Bonchev–Trinajstić information content (AvgIpc) is 2.80. The number of anilines is 1. The van der Waals surface area contributed by atoms with Gasteiger partial charge in [0.1, 0.15) is 0 Å². The smallest absolute Gasteiger partial charge is 0.171 e. The number of ether oxygens (including phenoxy) is 1. The normalized spacial score (nSPS) is 23.7. The molecule has 0 N–H and O–H groups in total. The van der Waals surface area contributed by atoms with Crippen LogP contribution in [0.3, 0.4) is 0 Å². The van der Waals surface area contributed by atoms with Gasteiger partial charge in [0.05, 0.1) is 24.7 Å². The summed E-state index contributed by atoms with van der Waals surface area (Å²) in [5.74, 6) is -0.0827. The van der Waals surface area contributed by atoms with E-state index in [0.29, 0.717) is 0 Å². The van der Waals surface area contributed by atoms with Crippen molar-refractivity contribution < 1.29 is 9.53 Å². The van der Waals surface area contributed by atoms with Gasteiger partial charge in [-0.2, -0.15) is 0 Å². The maximum atomic E-state index is 13.7. The third kappa shape index (κ3) is 4.11. The summed E-state index contributed by atoms with van der Waals surface area (Å²) >= 11 is 0. The number of hydrogen-bond donors (Lipinski definition) is 0. The number of likely N-dealkylation sites (N-methyl/N-ethyl adjacent to an activating group) is 1. The third-order valence-electron chi connectivity index (χ3n) is 6.31. The largest absolute Gasteiger partial charge is 0.378 e. The minimum atomic E-state index is -0.393. The second kappa shape index (κ2) is 8.99. The second-order valence-corrected chi connectivity index (χ2v) is 8.28. The fourth-order valence-electron chi connectivity index (χ4n) is 4.50. The molecule has 0 amide bonds. The molecule has 4 rings (SSSR count). The molecule has 1 aliphatic carbocycles. The Balaban J connectivity index is 1.60. The zero-order valence-electron chi connectivity index (χ0n) is 17.8. The van der Waals surface area contributed by atoms with Crippen molar-refractivity contribution in [2.75, 3.05) is 45.3 Å². The van der Waals surface area contributed by atoms with Crippen molar-refractivity contribution in [2.24, 2.45) is 5.92 Å². The zero-order chi connectivity index (χ0) is 21.0. The minimum Gasteiger partial charge on any atom is -0.378 e. The lowest BCUT2D eigenvalue weighted by molar-refractivity contribution is 0.0786. The maximum absolute atomic E-state index is 13.7. The molecule has 2 aromatic rings. The van der Waals surface area contributed by atoms with Gasteiger partial charge in [-0.05, 0) is 50.3 Å². The topological polar surface area (TPSA) is 32.8 Å². The Morgan fingerprint density at radius 1 is 1.03 bits per heavy atom. The maximum Gasteiger partial charge on any atom is 0.171 e. The van der Waals surface area contributed by atoms with Gasteiger partial charge in [0.2, 0.25) is 0 Å². The van der Waals surface area contributed by atoms with Crippen LogP contribution in [0.5, 0.6) is 0 Å². The number of carbonyl (C=O) groups is 1. The highest BCUT2D eigenvalue weighted by atomic mass is 16.5. The molecule has 1 saturated heterocycles. The zero-order valence-corrected chi connectivity index (χ0v) is 17.8. The summed E-state index contributed by atoms with van der Waals surface area (Å²) in [6.45, 7) is 3.30. The minimum absolute atomic E-state index is 0.161. The van der Waals surface area contributed by atoms with Crippen LogP contribution in [0.15, 0.2) is 78.9 Å². The quantitative estimate of drug-likeness (QED) is 0.684. The highest BCUT2D eigenvalue weighted by molar-refractivity contribution is 6.00. The molecule has 0 saturated carbocycles. The molecule has 0 bridgehead atoms. The Morgan fingerprint density at radius 3 is 2.40 bits per heavy atom. The van der Waals surface area contributed by atoms with Crippen molar-refractivity contribution >= 4 is 11.5 Å². The predicted octanol–water partition coefficient (Wildman–Crippen LogP) is 3.99. The van der Waals surface area contributed by atoms with E-state index >= 15 is 0 Å². The van der Waals surface area contributed by atoms with Crippen LogP contribution in [0.2, 0.25) is 0 Å². The molecule has 2 unspecified atom stereocenters. The molecule has 0 radical (unpaired) electrons. The first-order chi connectivity index (χ1) is 14.6. The number of hydrogen-bond acceptors (Lipinski definition) is 4. The predicted molar refractivity (Wildman–Crippen MR) is 122 cm³/mol. The summed E-state index contributed by atoms with van der Waals surface area (Å²) in [6.07, 6.45) is 9.08. The van der Waals surface area contributed by atoms with E-state index in [4.69, 9.17) is 4.74 Å². The molecule has 4 nitrogen and oxygen atoms in total. The third-order valence-corrected chi connectivity index (χ3v) is 6.31. The lowest BCUT2D eigenvalue weighted by Crippen LogP contribution is -2.53. The Kier molecular flexibility index (Phi) is 6.16. The number of nitrogens with zero attached hydrogens (tertiary/aromatic N) is 2. The number of Topliss-reactive ketones (excluding diaryl/α,β-unsaturated/α-hetero) is 1. The van der Waals surface area contributed by atoms with Crippen molar-refractivity contribution in [3.63, 3.8) is 0 Å². The number of benzene rings is 2. The van der Waals surface area contributed by atoms with Crippen molar-refractivity contribution in [3.8, 4) is 0 Å². The summed E-state index contributed by atoms with van der Waals surface area (Å²) in [5, 5.41) is 0. The Bertz CT molecular complexity index is 912. The molecule has 1 aliphatic heterocycles. The van der Waals surface area contributed by atoms with Gasteiger partial charge in [0, 0.05) is 24.3 Å². The van der Waals surface area contributed by atoms with E-state index < -0.39 is 5.54 Å². The van der Waals surface area contributed by atoms with Crippen molar-refractivity contribution in [3.05, 3.63) is 90.0 Å². The molecule has 2 atom stereocenters. The van der Waals surface area contributed by atoms with E-state index in [-0.39, 0.29) is 11.7 Å². The number of carbonyl (C=O) groups excluding carboxylic acids is 1. The SMILES string of the molecule is CN(C)C1(Cc2ccccc2)C=CC=CC1C(=O)c1ccc(N2CCOCC2)cc1. The lowest BCUT2D eigenvalue weighted by atomic mass is 9.72. The van der Waals surface area contributed by atoms with Crippen LogP contribution in [-0.4, -0.2) is 56.6 Å². The molecule has 2 aromatic carbocycles. The van der Waals surface area contributed by atoms with Crippen LogP contribution in [0, 0.1) is 5.92 Å². The Morgan fingerprint density at radius 2 is 1.73 bits per heavy atom. The standard InChI is InChI=1S/C26H30N2O2/c1-27(2)26(20-21-8-4-3-5-9-21)15-7-6-10-24(26)25(29)22-11-13-23(14-12-22)28-16-18-30-19-17-28/h3-15,24H,16-20H2,1-2H3. The van der Waals surface area contributed by atoms with Crippen LogP contribution in [0.1, 0.15) is 15.9 Å². The monoisotopic (exact) mass is 402 g/mol. The van der Waals surface area contributed by atoms with Gasteiger partial charge in [-0.1, -0.05) is 54.6 Å². The summed E-state index contributed by atoms with van der Waals surface area (Å²) in [6, 6.07) is 18.5. The van der Waals surface area contributed by atoms with E-state index in [9.17, 15) is 4.79 Å². The highest BCUT2D eigenvalue weighted by Gasteiger charge is 2.42. The van der Waals surface area contributed by atoms with Crippen LogP contribution in [0.25, 0.3) is 0 Å². The van der Waals surface area contributed by atoms with E-state index in [0.717, 1.165) is 44.0 Å². The second-order valence-electron chi connectivity index (χ2n) is 8.28. The lowest BCUT2D eigenvalue weighted by Gasteiger charge is -2.43. The molecule has 4 heteroatoms. The number of rotatable bonds is 6. The van der Waals surface area contributed by atoms with E-state index in [1.54, 1.807) is 0 Å². The summed E-state index contributed by atoms with van der Waals surface area (Å²) in [7, 11) is 4.13. The summed E-state index contributed by atoms with van der Waals surface area (Å²) < 4.78 is 5.44. The molecule has 156 valence electrons. The van der Waals surface area contributed by atoms with Crippen molar-refractivity contribution in [2.45, 2.75) is 12.0 Å². The van der Waals surface area contributed by atoms with Gasteiger partial charge in [0.15, 0.2) is 5.78 Å². The van der Waals surface area contributed by atoms with Crippen LogP contribution in [0.4, 0.5) is 5.69 Å². The number of ketones is 1. The van der Waals surface area contributed by atoms with Gasteiger partial charge in [-0.3, -0.25) is 9.69 Å². The van der Waals surface area contributed by atoms with E-state index in [1.165, 1.54) is 5.56 Å². The molecule has 0 spiro atoms. The average molecular weight is 403 g/mol. The Hall–Kier alpha value is -2.69. The van der Waals surface area contributed by atoms with Gasteiger partial charge < -0.3 is 9.64 Å². The van der Waals surface area contributed by atoms with Crippen molar-refractivity contribution in [1.29, 1.82) is 0 Å². The molecule has 30 heavy (non-hydrogen) atoms. The Labute approximate surface area is 179 Å². The molecule has 0 aromatic heterocycles. The van der Waals surface area contributed by atoms with Gasteiger partial charge in [-0.25, -0.2) is 0 Å². The van der Waals surface area contributed by atoms with E-state index in [2.05, 4.69) is 78.5 Å². The molecular formula is C26H30N2O2. The van der Waals surface area contributed by atoms with Crippen LogP contribution < -0.4 is 4.90 Å². The molecule has 2 aliphatic rings. The molecule has 1 fully saturated rings. The molecule has 1 heterocycles.